The number of hydrogen-bond donors (Lipinski definition) is 2. The van der Waals surface area contributed by atoms with Gasteiger partial charge < -0.3 is 14.6 Å². The van der Waals surface area contributed by atoms with E-state index in [1.807, 2.05) is 30.0 Å². The molecular weight excluding hydrogens is 354 g/mol. The third kappa shape index (κ3) is 3.04. The first-order valence-corrected chi connectivity index (χ1v) is 10.1. The van der Waals surface area contributed by atoms with Crippen molar-refractivity contribution < 1.29 is 9.21 Å². The van der Waals surface area contributed by atoms with Gasteiger partial charge in [0.15, 0.2) is 11.3 Å². The van der Waals surface area contributed by atoms with Crippen molar-refractivity contribution in [3.8, 4) is 0 Å². The second-order valence-corrected chi connectivity index (χ2v) is 8.25. The van der Waals surface area contributed by atoms with Crippen LogP contribution in [0.1, 0.15) is 47.1 Å². The number of anilines is 1. The molecule has 0 bridgehead atoms. The van der Waals surface area contributed by atoms with Crippen LogP contribution in [0.5, 0.6) is 0 Å². The summed E-state index contributed by atoms with van der Waals surface area (Å²) in [7, 11) is 0. The number of amides is 1. The van der Waals surface area contributed by atoms with Crippen LogP contribution < -0.4 is 5.32 Å². The molecule has 0 radical (unpaired) electrons. The fourth-order valence-corrected chi connectivity index (χ4v) is 4.33. The molecule has 1 saturated heterocycles. The molecule has 1 aliphatic carbocycles. The number of aryl methyl sites for hydroxylation is 2. The van der Waals surface area contributed by atoms with E-state index in [2.05, 4.69) is 27.4 Å². The number of carbonyl (C=O) groups excluding carboxylic acids is 1. The molecule has 1 aliphatic heterocycles. The smallest absolute Gasteiger partial charge is 0.295 e. The Bertz CT molecular complexity index is 1040. The number of hydrogen-bond acceptors (Lipinski definition) is 5. The minimum Gasteiger partial charge on any atom is -0.424 e. The molecule has 3 heterocycles. The van der Waals surface area contributed by atoms with Crippen molar-refractivity contribution in [1.82, 2.24) is 20.1 Å². The quantitative estimate of drug-likeness (QED) is 0.729. The Hall–Kier alpha value is -2.83. The minimum absolute atomic E-state index is 0.0316. The number of aromatic amines is 1. The van der Waals surface area contributed by atoms with Gasteiger partial charge in [-0.1, -0.05) is 13.0 Å². The molecule has 146 valence electrons. The van der Waals surface area contributed by atoms with Crippen LogP contribution in [0.3, 0.4) is 0 Å². The highest BCUT2D eigenvalue weighted by molar-refractivity contribution is 5.94. The van der Waals surface area contributed by atoms with Crippen molar-refractivity contribution in [2.24, 2.45) is 5.92 Å². The molecule has 2 aromatic heterocycles. The average Bonchev–Trinajstić information content (AvgIpc) is 3.38. The van der Waals surface area contributed by atoms with Crippen molar-refractivity contribution in [2.75, 3.05) is 18.4 Å². The standard InChI is InChI=1S/C21H25N5O2/c1-12-3-5-16-15(9-12)19(25-24-16)20(27)26-8-7-14(11-26)22-21-23-17-10-13(2)4-6-18(17)28-21/h4,6,10,12,14H,3,5,7-9,11H2,1-2H3,(H,22,23)(H,24,25)/t12?,14-/m1/s1. The summed E-state index contributed by atoms with van der Waals surface area (Å²) in [5.74, 6) is 0.636. The monoisotopic (exact) mass is 379 g/mol. The Kier molecular flexibility index (Phi) is 4.10. The summed E-state index contributed by atoms with van der Waals surface area (Å²) in [4.78, 5) is 19.5. The molecule has 1 unspecified atom stereocenters. The van der Waals surface area contributed by atoms with Crippen LogP contribution in [0.15, 0.2) is 22.6 Å². The number of fused-ring (bicyclic) bond motifs is 2. The van der Waals surface area contributed by atoms with Crippen LogP contribution in [0.2, 0.25) is 0 Å². The molecule has 28 heavy (non-hydrogen) atoms. The van der Waals surface area contributed by atoms with Crippen LogP contribution in [0, 0.1) is 12.8 Å². The van der Waals surface area contributed by atoms with Crippen molar-refractivity contribution in [3.05, 3.63) is 40.7 Å². The van der Waals surface area contributed by atoms with E-state index in [0.29, 0.717) is 30.7 Å². The maximum absolute atomic E-state index is 13.0. The molecule has 0 spiro atoms. The molecule has 3 aromatic rings. The number of benzene rings is 1. The minimum atomic E-state index is 0.0316. The van der Waals surface area contributed by atoms with E-state index in [0.717, 1.165) is 53.6 Å². The van der Waals surface area contributed by atoms with Crippen LogP contribution in [0.4, 0.5) is 6.01 Å². The first-order valence-electron chi connectivity index (χ1n) is 10.1. The lowest BCUT2D eigenvalue weighted by atomic mass is 9.87. The van der Waals surface area contributed by atoms with Gasteiger partial charge in [0, 0.05) is 30.4 Å². The molecule has 7 heteroatoms. The first-order chi connectivity index (χ1) is 13.6. The predicted molar refractivity (Wildman–Crippen MR) is 106 cm³/mol. The normalized spacial score (nSPS) is 21.9. The summed E-state index contributed by atoms with van der Waals surface area (Å²) in [6.07, 6.45) is 3.94. The Morgan fingerprint density at radius 2 is 2.25 bits per heavy atom. The molecule has 5 rings (SSSR count). The van der Waals surface area contributed by atoms with E-state index in [1.165, 1.54) is 0 Å². The highest BCUT2D eigenvalue weighted by Gasteiger charge is 2.32. The molecule has 2 atom stereocenters. The molecule has 2 N–H and O–H groups in total. The number of likely N-dealkylation sites (tertiary alicyclic amines) is 1. The van der Waals surface area contributed by atoms with Gasteiger partial charge in [-0.3, -0.25) is 9.89 Å². The summed E-state index contributed by atoms with van der Waals surface area (Å²) in [5.41, 5.74) is 5.65. The zero-order chi connectivity index (χ0) is 19.3. The second kappa shape index (κ2) is 6.65. The number of nitrogens with one attached hydrogen (secondary N) is 2. The molecule has 1 aromatic carbocycles. The van der Waals surface area contributed by atoms with Gasteiger partial charge in [0.2, 0.25) is 0 Å². The summed E-state index contributed by atoms with van der Waals surface area (Å²) >= 11 is 0. The molecule has 2 aliphatic rings. The third-order valence-electron chi connectivity index (χ3n) is 5.94. The maximum atomic E-state index is 13.0. The van der Waals surface area contributed by atoms with Crippen LogP contribution in [-0.2, 0) is 12.8 Å². The lowest BCUT2D eigenvalue weighted by molar-refractivity contribution is 0.0784. The lowest BCUT2D eigenvalue weighted by Gasteiger charge is -2.20. The van der Waals surface area contributed by atoms with E-state index in [9.17, 15) is 4.79 Å². The summed E-state index contributed by atoms with van der Waals surface area (Å²) in [6.45, 7) is 5.62. The van der Waals surface area contributed by atoms with Crippen LogP contribution in [-0.4, -0.2) is 45.1 Å². The van der Waals surface area contributed by atoms with Gasteiger partial charge in [0.05, 0.1) is 0 Å². The van der Waals surface area contributed by atoms with E-state index in [1.54, 1.807) is 0 Å². The second-order valence-electron chi connectivity index (χ2n) is 8.25. The molecule has 0 saturated carbocycles. The van der Waals surface area contributed by atoms with Gasteiger partial charge in [0.1, 0.15) is 5.52 Å². The lowest BCUT2D eigenvalue weighted by Crippen LogP contribution is -2.32. The Morgan fingerprint density at radius 3 is 3.14 bits per heavy atom. The number of nitrogens with zero attached hydrogens (tertiary/aromatic N) is 3. The summed E-state index contributed by atoms with van der Waals surface area (Å²) in [6, 6.07) is 6.61. The number of carbonyl (C=O) groups is 1. The van der Waals surface area contributed by atoms with Gasteiger partial charge in [-0.25, -0.2) is 0 Å². The van der Waals surface area contributed by atoms with Crippen molar-refractivity contribution in [2.45, 2.75) is 45.6 Å². The molecular formula is C21H25N5O2. The van der Waals surface area contributed by atoms with Crippen LogP contribution >= 0.6 is 0 Å². The Morgan fingerprint density at radius 1 is 1.36 bits per heavy atom. The van der Waals surface area contributed by atoms with Crippen molar-refractivity contribution in [1.29, 1.82) is 0 Å². The predicted octanol–water partition coefficient (Wildman–Crippen LogP) is 3.31. The topological polar surface area (TPSA) is 87.0 Å². The summed E-state index contributed by atoms with van der Waals surface area (Å²) < 4.78 is 5.80. The van der Waals surface area contributed by atoms with Crippen molar-refractivity contribution >= 4 is 23.0 Å². The largest absolute Gasteiger partial charge is 0.424 e. The highest BCUT2D eigenvalue weighted by atomic mass is 16.4. The van der Waals surface area contributed by atoms with Gasteiger partial charge >= 0.3 is 0 Å². The Labute approximate surface area is 163 Å². The number of aromatic nitrogens is 3. The molecule has 1 fully saturated rings. The van der Waals surface area contributed by atoms with E-state index < -0.39 is 0 Å². The average molecular weight is 379 g/mol. The fourth-order valence-electron chi connectivity index (χ4n) is 4.33. The molecule has 7 nitrogen and oxygen atoms in total. The summed E-state index contributed by atoms with van der Waals surface area (Å²) in [5, 5.41) is 10.8. The fraction of sp³-hybridized carbons (Fsp3) is 0.476. The molecule has 1 amide bonds. The zero-order valence-corrected chi connectivity index (χ0v) is 16.3. The first kappa shape index (κ1) is 17.3. The SMILES string of the molecule is Cc1ccc2oc(N[C@@H]3CCN(C(=O)c4n[nH]c5c4CC(C)CC5)C3)nc2c1. The van der Waals surface area contributed by atoms with E-state index >= 15 is 0 Å². The highest BCUT2D eigenvalue weighted by Crippen LogP contribution is 2.28. The van der Waals surface area contributed by atoms with Crippen LogP contribution in [0.25, 0.3) is 11.1 Å². The van der Waals surface area contributed by atoms with Gasteiger partial charge in [-0.05, 0) is 56.2 Å². The Balaban J connectivity index is 1.28. The van der Waals surface area contributed by atoms with Gasteiger partial charge in [-0.2, -0.15) is 10.1 Å². The number of H-pyrrole nitrogens is 1. The number of rotatable bonds is 3. The van der Waals surface area contributed by atoms with Crippen molar-refractivity contribution in [3.63, 3.8) is 0 Å². The van der Waals surface area contributed by atoms with Gasteiger partial charge in [-0.15, -0.1) is 0 Å². The van der Waals surface area contributed by atoms with Gasteiger partial charge in [0.25, 0.3) is 11.9 Å². The third-order valence-corrected chi connectivity index (χ3v) is 5.94. The number of oxazole rings is 1. The maximum Gasteiger partial charge on any atom is 0.295 e. The zero-order valence-electron chi connectivity index (χ0n) is 16.3. The van der Waals surface area contributed by atoms with E-state index in [4.69, 9.17) is 4.42 Å². The van der Waals surface area contributed by atoms with E-state index in [-0.39, 0.29) is 11.9 Å².